The molecule has 2 aliphatic carbocycles. The van der Waals surface area contributed by atoms with Crippen LogP contribution in [0.5, 0.6) is 0 Å². The smallest absolute Gasteiger partial charge is 0.159 e. The highest BCUT2D eigenvalue weighted by Gasteiger charge is 2.38. The van der Waals surface area contributed by atoms with Crippen molar-refractivity contribution >= 4 is 0 Å². The maximum absolute atomic E-state index is 13.5. The summed E-state index contributed by atoms with van der Waals surface area (Å²) < 4.78 is 32.6. The zero-order chi connectivity index (χ0) is 20.0. The van der Waals surface area contributed by atoms with E-state index < -0.39 is 11.6 Å². The van der Waals surface area contributed by atoms with Crippen LogP contribution >= 0.6 is 0 Å². The normalized spacial score (nSPS) is 31.0. The van der Waals surface area contributed by atoms with E-state index in [0.29, 0.717) is 5.92 Å². The topological polar surface area (TPSA) is 33.0 Å². The lowest BCUT2D eigenvalue weighted by Gasteiger charge is -2.43. The van der Waals surface area contributed by atoms with Gasteiger partial charge in [-0.1, -0.05) is 12.1 Å². The molecule has 0 heterocycles. The molecule has 152 valence electrons. The number of nitrogens with zero attached hydrogens (tertiary/aromatic N) is 1. The Kier molecular flexibility index (Phi) is 7.24. The van der Waals surface area contributed by atoms with Gasteiger partial charge < -0.3 is 4.74 Å². The standard InChI is InChI=1S/C24H31F2NO/c1-28-24(13-3-2-4-16-27)14-11-20(12-15-24)18-5-7-19(8-6-18)21-9-10-22(25)23(26)17-21/h2,4,9-10,17-20H,3,5-8,11-15H2,1H3. The SMILES string of the molecule is COC1(CCC=CC#N)CCC(C2CCC(c3ccc(F)c(F)c3)CC2)CC1. The minimum absolute atomic E-state index is 0.0286. The fraction of sp³-hybridized carbons (Fsp3) is 0.625. The van der Waals surface area contributed by atoms with Gasteiger partial charge in [0.05, 0.1) is 11.7 Å². The largest absolute Gasteiger partial charge is 0.378 e. The molecular weight excluding hydrogens is 356 g/mol. The summed E-state index contributed by atoms with van der Waals surface area (Å²) >= 11 is 0. The summed E-state index contributed by atoms with van der Waals surface area (Å²) in [5.41, 5.74) is 0.920. The van der Waals surface area contributed by atoms with Gasteiger partial charge in [0, 0.05) is 13.2 Å². The van der Waals surface area contributed by atoms with E-state index in [1.807, 2.05) is 19.3 Å². The Labute approximate surface area is 167 Å². The second-order valence-electron chi connectivity index (χ2n) is 8.58. The lowest BCUT2D eigenvalue weighted by molar-refractivity contribution is -0.0614. The number of allylic oxidation sites excluding steroid dienone is 2. The van der Waals surface area contributed by atoms with Crippen molar-refractivity contribution < 1.29 is 13.5 Å². The third kappa shape index (κ3) is 5.00. The maximum Gasteiger partial charge on any atom is 0.159 e. The number of hydrogen-bond donors (Lipinski definition) is 0. The van der Waals surface area contributed by atoms with Crippen molar-refractivity contribution in [3.05, 3.63) is 47.5 Å². The van der Waals surface area contributed by atoms with Gasteiger partial charge in [-0.05, 0) is 99.7 Å². The first-order valence-corrected chi connectivity index (χ1v) is 10.6. The highest BCUT2D eigenvalue weighted by molar-refractivity contribution is 5.22. The first-order chi connectivity index (χ1) is 13.6. The maximum atomic E-state index is 13.5. The summed E-state index contributed by atoms with van der Waals surface area (Å²) in [6.07, 6.45) is 14.5. The Bertz CT molecular complexity index is 708. The summed E-state index contributed by atoms with van der Waals surface area (Å²) in [7, 11) is 1.82. The molecule has 0 spiro atoms. The molecule has 0 aliphatic heterocycles. The summed E-state index contributed by atoms with van der Waals surface area (Å²) in [5.74, 6) is 0.371. The van der Waals surface area contributed by atoms with Crippen LogP contribution in [0.15, 0.2) is 30.4 Å². The van der Waals surface area contributed by atoms with E-state index in [2.05, 4.69) is 0 Å². The molecule has 1 aromatic carbocycles. The van der Waals surface area contributed by atoms with Crippen LogP contribution in [-0.4, -0.2) is 12.7 Å². The van der Waals surface area contributed by atoms with E-state index in [1.54, 1.807) is 12.1 Å². The van der Waals surface area contributed by atoms with Crippen molar-refractivity contribution in [2.45, 2.75) is 75.7 Å². The summed E-state index contributed by atoms with van der Waals surface area (Å²) in [6.45, 7) is 0. The van der Waals surface area contributed by atoms with Crippen LogP contribution in [0, 0.1) is 34.8 Å². The molecule has 3 rings (SSSR count). The van der Waals surface area contributed by atoms with Gasteiger partial charge in [-0.15, -0.1) is 0 Å². The van der Waals surface area contributed by atoms with Crippen LogP contribution < -0.4 is 0 Å². The van der Waals surface area contributed by atoms with Crippen molar-refractivity contribution in [3.63, 3.8) is 0 Å². The molecule has 0 radical (unpaired) electrons. The zero-order valence-electron chi connectivity index (χ0n) is 16.8. The summed E-state index contributed by atoms with van der Waals surface area (Å²) in [4.78, 5) is 0. The Balaban J connectivity index is 1.48. The Morgan fingerprint density at radius 2 is 1.75 bits per heavy atom. The lowest BCUT2D eigenvalue weighted by atomic mass is 9.66. The van der Waals surface area contributed by atoms with Crippen LogP contribution in [0.25, 0.3) is 0 Å². The van der Waals surface area contributed by atoms with Crippen molar-refractivity contribution in [2.24, 2.45) is 11.8 Å². The minimum Gasteiger partial charge on any atom is -0.378 e. The molecule has 1 aromatic rings. The van der Waals surface area contributed by atoms with Gasteiger partial charge in [0.15, 0.2) is 11.6 Å². The van der Waals surface area contributed by atoms with Gasteiger partial charge in [-0.3, -0.25) is 0 Å². The highest BCUT2D eigenvalue weighted by Crippen LogP contribution is 2.46. The molecule has 4 heteroatoms. The number of methoxy groups -OCH3 is 1. The van der Waals surface area contributed by atoms with Crippen LogP contribution in [0.1, 0.15) is 75.7 Å². The molecular formula is C24H31F2NO. The quantitative estimate of drug-likeness (QED) is 0.510. The van der Waals surface area contributed by atoms with Crippen LogP contribution in [0.3, 0.4) is 0 Å². The lowest BCUT2D eigenvalue weighted by Crippen LogP contribution is -2.38. The number of rotatable bonds is 6. The third-order valence-corrected chi connectivity index (χ3v) is 7.19. The van der Waals surface area contributed by atoms with E-state index in [0.717, 1.165) is 55.9 Å². The molecule has 0 amide bonds. The van der Waals surface area contributed by atoms with Crippen LogP contribution in [0.2, 0.25) is 0 Å². The van der Waals surface area contributed by atoms with Gasteiger partial charge in [-0.25, -0.2) is 8.78 Å². The number of nitriles is 1. The molecule has 0 bridgehead atoms. The van der Waals surface area contributed by atoms with E-state index in [4.69, 9.17) is 10.00 Å². The molecule has 0 unspecified atom stereocenters. The predicted molar refractivity (Wildman–Crippen MR) is 107 cm³/mol. The van der Waals surface area contributed by atoms with E-state index >= 15 is 0 Å². The molecule has 0 saturated heterocycles. The van der Waals surface area contributed by atoms with Crippen molar-refractivity contribution in [3.8, 4) is 6.07 Å². The van der Waals surface area contributed by atoms with Crippen LogP contribution in [0.4, 0.5) is 8.78 Å². The first-order valence-electron chi connectivity index (χ1n) is 10.6. The Hall–Kier alpha value is -1.73. The van der Waals surface area contributed by atoms with E-state index in [9.17, 15) is 8.78 Å². The molecule has 0 N–H and O–H groups in total. The van der Waals surface area contributed by atoms with Crippen molar-refractivity contribution in [1.82, 2.24) is 0 Å². The van der Waals surface area contributed by atoms with Crippen LogP contribution in [-0.2, 0) is 4.74 Å². The highest BCUT2D eigenvalue weighted by atomic mass is 19.2. The zero-order valence-corrected chi connectivity index (χ0v) is 16.8. The van der Waals surface area contributed by atoms with E-state index in [-0.39, 0.29) is 5.60 Å². The molecule has 0 aromatic heterocycles. The third-order valence-electron chi connectivity index (χ3n) is 7.19. The number of hydrogen-bond acceptors (Lipinski definition) is 2. The van der Waals surface area contributed by atoms with Gasteiger partial charge in [0.2, 0.25) is 0 Å². The number of halogens is 2. The predicted octanol–water partition coefficient (Wildman–Crippen LogP) is 6.67. The van der Waals surface area contributed by atoms with Gasteiger partial charge >= 0.3 is 0 Å². The van der Waals surface area contributed by atoms with Gasteiger partial charge in [0.1, 0.15) is 0 Å². The Morgan fingerprint density at radius 3 is 2.36 bits per heavy atom. The average molecular weight is 388 g/mol. The van der Waals surface area contributed by atoms with E-state index in [1.165, 1.54) is 37.8 Å². The fourth-order valence-corrected chi connectivity index (χ4v) is 5.37. The molecule has 2 fully saturated rings. The summed E-state index contributed by atoms with van der Waals surface area (Å²) in [5, 5.41) is 8.62. The molecule has 0 atom stereocenters. The molecule has 2 saturated carbocycles. The molecule has 2 nitrogen and oxygen atoms in total. The molecule has 28 heavy (non-hydrogen) atoms. The average Bonchev–Trinajstić information content (AvgIpc) is 2.74. The fourth-order valence-electron chi connectivity index (χ4n) is 5.37. The summed E-state index contributed by atoms with van der Waals surface area (Å²) in [6, 6.07) is 6.44. The minimum atomic E-state index is -0.760. The van der Waals surface area contributed by atoms with Gasteiger partial charge in [-0.2, -0.15) is 5.26 Å². The molecule has 2 aliphatic rings. The van der Waals surface area contributed by atoms with Crippen molar-refractivity contribution in [1.29, 1.82) is 5.26 Å². The Morgan fingerprint density at radius 1 is 1.07 bits per heavy atom. The second-order valence-corrected chi connectivity index (χ2v) is 8.58. The van der Waals surface area contributed by atoms with Crippen molar-refractivity contribution in [2.75, 3.05) is 7.11 Å². The monoisotopic (exact) mass is 387 g/mol. The number of benzene rings is 1. The first kappa shape index (κ1) is 21.0. The number of ether oxygens (including phenoxy) is 1. The van der Waals surface area contributed by atoms with Gasteiger partial charge in [0.25, 0.3) is 0 Å². The second kappa shape index (κ2) is 9.65.